The van der Waals surface area contributed by atoms with Crippen LogP contribution >= 0.6 is 15.9 Å². The van der Waals surface area contributed by atoms with Gasteiger partial charge in [0, 0.05) is 20.1 Å². The zero-order chi connectivity index (χ0) is 11.3. The molecule has 0 aliphatic carbocycles. The number of ether oxygens (including phenoxy) is 1. The molecule has 82 valence electrons. The van der Waals surface area contributed by atoms with E-state index in [4.69, 9.17) is 4.74 Å². The van der Waals surface area contributed by atoms with Gasteiger partial charge in [0.1, 0.15) is 5.82 Å². The minimum Gasteiger partial charge on any atom is -0.385 e. The molecule has 0 aliphatic heterocycles. The third-order valence-corrected chi connectivity index (χ3v) is 2.62. The third kappa shape index (κ3) is 3.39. The summed E-state index contributed by atoms with van der Waals surface area (Å²) in [5.74, 6) is -0.675. The zero-order valence-corrected chi connectivity index (χ0v) is 10.0. The molecule has 0 fully saturated rings. The first-order valence-electron chi connectivity index (χ1n) is 4.63. The summed E-state index contributed by atoms with van der Waals surface area (Å²) in [6.45, 7) is 0.515. The van der Waals surface area contributed by atoms with E-state index in [1.54, 1.807) is 19.2 Å². The molecule has 0 saturated heterocycles. The van der Waals surface area contributed by atoms with Gasteiger partial charge in [0.05, 0.1) is 10.0 Å². The summed E-state index contributed by atoms with van der Waals surface area (Å²) in [5.41, 5.74) is 0.139. The Morgan fingerprint density at radius 3 is 2.93 bits per heavy atom. The van der Waals surface area contributed by atoms with Crippen molar-refractivity contribution in [3.63, 3.8) is 0 Å². The number of Topliss-reactive ketones (excluding diaryl/α,β-unsaturated/α-hetero) is 1. The molecule has 1 aromatic rings. The molecular weight excluding hydrogens is 263 g/mol. The molecule has 0 radical (unpaired) electrons. The molecule has 0 aliphatic rings. The fraction of sp³-hybridized carbons (Fsp3) is 0.364. The molecule has 2 nitrogen and oxygen atoms in total. The maximum atomic E-state index is 13.5. The topological polar surface area (TPSA) is 26.3 Å². The highest BCUT2D eigenvalue weighted by Crippen LogP contribution is 2.19. The van der Waals surface area contributed by atoms with Crippen LogP contribution in [0, 0.1) is 5.82 Å². The van der Waals surface area contributed by atoms with Crippen LogP contribution in [0.1, 0.15) is 23.2 Å². The van der Waals surface area contributed by atoms with Crippen LogP contribution in [0.5, 0.6) is 0 Å². The van der Waals surface area contributed by atoms with Crippen molar-refractivity contribution >= 4 is 21.7 Å². The summed E-state index contributed by atoms with van der Waals surface area (Å²) in [6, 6.07) is 4.72. The number of hydrogen-bond acceptors (Lipinski definition) is 2. The molecule has 0 amide bonds. The fourth-order valence-corrected chi connectivity index (χ4v) is 1.60. The standard InChI is InChI=1S/C11H12BrFO2/c1-15-7-3-6-10(14)8-4-2-5-9(12)11(8)13/h2,4-5H,3,6-7H2,1H3. The molecule has 4 heteroatoms. The molecule has 0 saturated carbocycles. The summed E-state index contributed by atoms with van der Waals surface area (Å²) < 4.78 is 18.6. The second-order valence-corrected chi connectivity index (χ2v) is 3.98. The quantitative estimate of drug-likeness (QED) is 0.609. The highest BCUT2D eigenvalue weighted by atomic mass is 79.9. The smallest absolute Gasteiger partial charge is 0.165 e. The lowest BCUT2D eigenvalue weighted by atomic mass is 10.1. The van der Waals surface area contributed by atoms with Crippen molar-refractivity contribution in [1.82, 2.24) is 0 Å². The molecule has 0 N–H and O–H groups in total. The van der Waals surface area contributed by atoms with Crippen molar-refractivity contribution in [2.75, 3.05) is 13.7 Å². The van der Waals surface area contributed by atoms with Gasteiger partial charge in [-0.25, -0.2) is 4.39 Å². The van der Waals surface area contributed by atoms with Gasteiger partial charge < -0.3 is 4.74 Å². The Hall–Kier alpha value is -0.740. The summed E-state index contributed by atoms with van der Waals surface area (Å²) in [6.07, 6.45) is 0.919. The largest absolute Gasteiger partial charge is 0.385 e. The first kappa shape index (κ1) is 12.3. The van der Waals surface area contributed by atoms with Crippen LogP contribution in [-0.2, 0) is 4.74 Å². The Balaban J connectivity index is 2.69. The number of ketones is 1. The first-order valence-corrected chi connectivity index (χ1v) is 5.42. The highest BCUT2D eigenvalue weighted by molar-refractivity contribution is 9.10. The van der Waals surface area contributed by atoms with Gasteiger partial charge in [-0.1, -0.05) is 6.07 Å². The normalized spacial score (nSPS) is 10.3. The molecular formula is C11H12BrFO2. The van der Waals surface area contributed by atoms with Crippen molar-refractivity contribution in [3.8, 4) is 0 Å². The second-order valence-electron chi connectivity index (χ2n) is 3.12. The summed E-state index contributed by atoms with van der Waals surface area (Å²) in [5, 5.41) is 0. The molecule has 15 heavy (non-hydrogen) atoms. The van der Waals surface area contributed by atoms with Crippen LogP contribution in [0.4, 0.5) is 4.39 Å². The Morgan fingerprint density at radius 1 is 1.53 bits per heavy atom. The van der Waals surface area contributed by atoms with Crippen LogP contribution in [0.3, 0.4) is 0 Å². The summed E-state index contributed by atoms with van der Waals surface area (Å²) in [7, 11) is 1.57. The van der Waals surface area contributed by atoms with Gasteiger partial charge in [-0.3, -0.25) is 4.79 Å². The van der Waals surface area contributed by atoms with Crippen LogP contribution in [-0.4, -0.2) is 19.5 Å². The molecule has 0 bridgehead atoms. The molecule has 1 aromatic carbocycles. The van der Waals surface area contributed by atoms with Crippen molar-refractivity contribution in [3.05, 3.63) is 34.1 Å². The number of methoxy groups -OCH3 is 1. The Bertz CT molecular complexity index is 352. The minimum atomic E-state index is -0.486. The van der Waals surface area contributed by atoms with Crippen LogP contribution in [0.25, 0.3) is 0 Å². The molecule has 0 heterocycles. The van der Waals surface area contributed by atoms with Gasteiger partial charge in [0.2, 0.25) is 0 Å². The van der Waals surface area contributed by atoms with Crippen molar-refractivity contribution in [2.45, 2.75) is 12.8 Å². The van der Waals surface area contributed by atoms with Gasteiger partial charge >= 0.3 is 0 Å². The number of carbonyl (C=O) groups excluding carboxylic acids is 1. The van der Waals surface area contributed by atoms with E-state index in [9.17, 15) is 9.18 Å². The van der Waals surface area contributed by atoms with E-state index in [0.29, 0.717) is 23.9 Å². The number of benzene rings is 1. The van der Waals surface area contributed by atoms with Crippen molar-refractivity contribution in [2.24, 2.45) is 0 Å². The summed E-state index contributed by atoms with van der Waals surface area (Å²) >= 11 is 3.04. The monoisotopic (exact) mass is 274 g/mol. The van der Waals surface area contributed by atoms with Gasteiger partial charge in [0.15, 0.2) is 5.78 Å². The van der Waals surface area contributed by atoms with E-state index >= 15 is 0 Å². The van der Waals surface area contributed by atoms with E-state index in [1.165, 1.54) is 6.07 Å². The van der Waals surface area contributed by atoms with Gasteiger partial charge in [-0.2, -0.15) is 0 Å². The number of halogens is 2. The van der Waals surface area contributed by atoms with Crippen molar-refractivity contribution < 1.29 is 13.9 Å². The second kappa shape index (κ2) is 5.98. The first-order chi connectivity index (χ1) is 7.16. The van der Waals surface area contributed by atoms with Gasteiger partial charge in [-0.15, -0.1) is 0 Å². The lowest BCUT2D eigenvalue weighted by molar-refractivity contribution is 0.0959. The fourth-order valence-electron chi connectivity index (χ4n) is 1.23. The van der Waals surface area contributed by atoms with Crippen LogP contribution in [0.2, 0.25) is 0 Å². The van der Waals surface area contributed by atoms with Gasteiger partial charge in [-0.05, 0) is 34.5 Å². The van der Waals surface area contributed by atoms with E-state index < -0.39 is 5.82 Å². The predicted octanol–water partition coefficient (Wildman–Crippen LogP) is 3.20. The average molecular weight is 275 g/mol. The highest BCUT2D eigenvalue weighted by Gasteiger charge is 2.12. The van der Waals surface area contributed by atoms with E-state index in [-0.39, 0.29) is 11.3 Å². The molecule has 0 spiro atoms. The number of carbonyl (C=O) groups is 1. The molecule has 0 atom stereocenters. The number of hydrogen-bond donors (Lipinski definition) is 0. The molecule has 0 aromatic heterocycles. The van der Waals surface area contributed by atoms with Crippen molar-refractivity contribution in [1.29, 1.82) is 0 Å². The zero-order valence-electron chi connectivity index (χ0n) is 8.43. The van der Waals surface area contributed by atoms with E-state index in [1.807, 2.05) is 0 Å². The Kier molecular flexibility index (Phi) is 4.91. The average Bonchev–Trinajstić information content (AvgIpc) is 2.22. The Morgan fingerprint density at radius 2 is 2.27 bits per heavy atom. The third-order valence-electron chi connectivity index (χ3n) is 2.00. The van der Waals surface area contributed by atoms with E-state index in [2.05, 4.69) is 15.9 Å². The lowest BCUT2D eigenvalue weighted by Crippen LogP contribution is -2.04. The van der Waals surface area contributed by atoms with Gasteiger partial charge in [0.25, 0.3) is 0 Å². The molecule has 0 unspecified atom stereocenters. The minimum absolute atomic E-state index is 0.139. The Labute approximate surface area is 96.6 Å². The molecule has 1 rings (SSSR count). The van der Waals surface area contributed by atoms with E-state index in [0.717, 1.165) is 0 Å². The van der Waals surface area contributed by atoms with Crippen LogP contribution in [0.15, 0.2) is 22.7 Å². The summed E-state index contributed by atoms with van der Waals surface area (Å²) in [4.78, 5) is 11.6. The predicted molar refractivity (Wildman–Crippen MR) is 59.5 cm³/mol. The maximum Gasteiger partial charge on any atom is 0.165 e. The number of rotatable bonds is 5. The lowest BCUT2D eigenvalue weighted by Gasteiger charge is -2.03. The van der Waals surface area contributed by atoms with Crippen LogP contribution < -0.4 is 0 Å². The maximum absolute atomic E-state index is 13.5. The SMILES string of the molecule is COCCCC(=O)c1cccc(Br)c1F.